The highest BCUT2D eigenvalue weighted by molar-refractivity contribution is 5.49. The van der Waals surface area contributed by atoms with E-state index in [2.05, 4.69) is 5.43 Å². The van der Waals surface area contributed by atoms with Crippen LogP contribution in [0.1, 0.15) is 0 Å². The Morgan fingerprint density at radius 1 is 1.41 bits per heavy atom. The largest absolute Gasteiger partial charge is 0.379 e. The molecule has 1 saturated heterocycles. The van der Waals surface area contributed by atoms with Crippen molar-refractivity contribution in [2.45, 2.75) is 0 Å². The van der Waals surface area contributed by atoms with E-state index in [0.717, 1.165) is 6.07 Å². The molecule has 1 heterocycles. The third-order valence-corrected chi connectivity index (χ3v) is 2.45. The predicted molar refractivity (Wildman–Crippen MR) is 59.1 cm³/mol. The summed E-state index contributed by atoms with van der Waals surface area (Å²) in [5.74, 6) is -0.634. The number of hydrogen-bond donors (Lipinski definition) is 1. The van der Waals surface area contributed by atoms with Crippen LogP contribution in [0.25, 0.3) is 0 Å². The molecule has 17 heavy (non-hydrogen) atoms. The van der Waals surface area contributed by atoms with Gasteiger partial charge in [0.1, 0.15) is 0 Å². The Hall–Kier alpha value is -1.73. The molecule has 1 N–H and O–H groups in total. The van der Waals surface area contributed by atoms with Gasteiger partial charge in [-0.15, -0.1) is 0 Å². The van der Waals surface area contributed by atoms with Crippen LogP contribution in [0.3, 0.4) is 0 Å². The van der Waals surface area contributed by atoms with Crippen LogP contribution in [0, 0.1) is 15.9 Å². The number of nitro groups is 1. The summed E-state index contributed by atoms with van der Waals surface area (Å²) >= 11 is 0. The summed E-state index contributed by atoms with van der Waals surface area (Å²) in [6, 6.07) is 3.54. The molecular formula is C10H12FN3O3. The Labute approximate surface area is 97.1 Å². The van der Waals surface area contributed by atoms with Crippen LogP contribution in [0.15, 0.2) is 18.2 Å². The number of ether oxygens (including phenoxy) is 1. The third-order valence-electron chi connectivity index (χ3n) is 2.45. The summed E-state index contributed by atoms with van der Waals surface area (Å²) in [5.41, 5.74) is 2.85. The molecule has 1 aliphatic heterocycles. The van der Waals surface area contributed by atoms with Crippen molar-refractivity contribution >= 4 is 11.4 Å². The van der Waals surface area contributed by atoms with Gasteiger partial charge in [-0.1, -0.05) is 0 Å². The second-order valence-electron chi connectivity index (χ2n) is 3.63. The van der Waals surface area contributed by atoms with Crippen LogP contribution < -0.4 is 5.43 Å². The van der Waals surface area contributed by atoms with E-state index in [1.165, 1.54) is 12.1 Å². The van der Waals surface area contributed by atoms with Crippen LogP contribution in [0.2, 0.25) is 0 Å². The summed E-state index contributed by atoms with van der Waals surface area (Å²) in [5, 5.41) is 12.3. The molecule has 0 atom stereocenters. The normalized spacial score (nSPS) is 16.8. The average molecular weight is 241 g/mol. The molecule has 0 spiro atoms. The first kappa shape index (κ1) is 11.7. The summed E-state index contributed by atoms with van der Waals surface area (Å²) in [6.07, 6.45) is 0. The SMILES string of the molecule is O=[N+]([O-])c1ccc(NN2CCOCC2)c(F)c1. The molecular weight excluding hydrogens is 229 g/mol. The molecule has 0 aromatic heterocycles. The number of nitrogens with zero attached hydrogens (tertiary/aromatic N) is 2. The van der Waals surface area contributed by atoms with Crippen LogP contribution >= 0.6 is 0 Å². The Balaban J connectivity index is 2.08. The molecule has 1 aromatic rings. The molecule has 0 saturated carbocycles. The molecule has 0 bridgehead atoms. The fourth-order valence-corrected chi connectivity index (χ4v) is 1.55. The van der Waals surface area contributed by atoms with Gasteiger partial charge in [-0.25, -0.2) is 9.40 Å². The number of hydrogen-bond acceptors (Lipinski definition) is 5. The van der Waals surface area contributed by atoms with E-state index < -0.39 is 10.7 Å². The maximum Gasteiger partial charge on any atom is 0.272 e. The van der Waals surface area contributed by atoms with Crippen LogP contribution in [-0.4, -0.2) is 36.2 Å². The second-order valence-corrected chi connectivity index (χ2v) is 3.63. The van der Waals surface area contributed by atoms with Crippen molar-refractivity contribution in [1.82, 2.24) is 5.01 Å². The zero-order chi connectivity index (χ0) is 12.3. The first-order valence-electron chi connectivity index (χ1n) is 5.20. The molecule has 1 aliphatic rings. The number of non-ortho nitro benzene ring substituents is 1. The number of halogens is 1. The van der Waals surface area contributed by atoms with Gasteiger partial charge < -0.3 is 10.2 Å². The molecule has 7 heteroatoms. The number of anilines is 1. The standard InChI is InChI=1S/C10H12FN3O3/c11-9-7-8(14(15)16)1-2-10(9)12-13-3-5-17-6-4-13/h1-2,7,12H,3-6H2. The lowest BCUT2D eigenvalue weighted by Crippen LogP contribution is -2.40. The lowest BCUT2D eigenvalue weighted by molar-refractivity contribution is -0.385. The van der Waals surface area contributed by atoms with E-state index in [4.69, 9.17) is 4.74 Å². The quantitative estimate of drug-likeness (QED) is 0.639. The minimum atomic E-state index is -0.634. The van der Waals surface area contributed by atoms with Crippen LogP contribution in [-0.2, 0) is 4.74 Å². The highest BCUT2D eigenvalue weighted by Gasteiger charge is 2.14. The van der Waals surface area contributed by atoms with Gasteiger partial charge in [0, 0.05) is 19.2 Å². The molecule has 0 aliphatic carbocycles. The molecule has 1 aromatic carbocycles. The average Bonchev–Trinajstić information content (AvgIpc) is 2.33. The van der Waals surface area contributed by atoms with Crippen molar-refractivity contribution in [2.75, 3.05) is 31.7 Å². The minimum Gasteiger partial charge on any atom is -0.379 e. The van der Waals surface area contributed by atoms with Crippen molar-refractivity contribution < 1.29 is 14.1 Å². The number of nitrogens with one attached hydrogen (secondary N) is 1. The fraction of sp³-hybridized carbons (Fsp3) is 0.400. The van der Waals surface area contributed by atoms with Crippen molar-refractivity contribution in [3.63, 3.8) is 0 Å². The monoisotopic (exact) mass is 241 g/mol. The zero-order valence-corrected chi connectivity index (χ0v) is 9.06. The van der Waals surface area contributed by atoms with Gasteiger partial charge in [-0.2, -0.15) is 0 Å². The minimum absolute atomic E-state index is 0.234. The fourth-order valence-electron chi connectivity index (χ4n) is 1.55. The number of morpholine rings is 1. The number of benzene rings is 1. The molecule has 2 rings (SSSR count). The van der Waals surface area contributed by atoms with E-state index in [-0.39, 0.29) is 11.4 Å². The van der Waals surface area contributed by atoms with Gasteiger partial charge in [0.2, 0.25) is 0 Å². The zero-order valence-electron chi connectivity index (χ0n) is 9.06. The van der Waals surface area contributed by atoms with Crippen molar-refractivity contribution in [3.8, 4) is 0 Å². The number of hydrazine groups is 1. The van der Waals surface area contributed by atoms with Crippen molar-refractivity contribution in [2.24, 2.45) is 0 Å². The third kappa shape index (κ3) is 2.89. The van der Waals surface area contributed by atoms with Gasteiger partial charge in [-0.3, -0.25) is 10.1 Å². The van der Waals surface area contributed by atoms with Gasteiger partial charge in [-0.05, 0) is 6.07 Å². The maximum atomic E-state index is 13.5. The highest BCUT2D eigenvalue weighted by Crippen LogP contribution is 2.21. The molecule has 1 fully saturated rings. The van der Waals surface area contributed by atoms with E-state index in [1.807, 2.05) is 5.01 Å². The highest BCUT2D eigenvalue weighted by atomic mass is 19.1. The summed E-state index contributed by atoms with van der Waals surface area (Å²) in [7, 11) is 0. The summed E-state index contributed by atoms with van der Waals surface area (Å²) in [6.45, 7) is 2.47. The van der Waals surface area contributed by atoms with E-state index in [1.54, 1.807) is 0 Å². The van der Waals surface area contributed by atoms with E-state index >= 15 is 0 Å². The molecule has 0 radical (unpaired) electrons. The van der Waals surface area contributed by atoms with E-state index in [0.29, 0.717) is 26.3 Å². The summed E-state index contributed by atoms with van der Waals surface area (Å²) in [4.78, 5) is 9.82. The Kier molecular flexibility index (Phi) is 3.50. The Morgan fingerprint density at radius 3 is 2.71 bits per heavy atom. The first-order chi connectivity index (χ1) is 8.16. The number of nitro benzene ring substituents is 1. The van der Waals surface area contributed by atoms with Crippen molar-refractivity contribution in [3.05, 3.63) is 34.1 Å². The number of rotatable bonds is 3. The topological polar surface area (TPSA) is 67.6 Å². The molecule has 6 nitrogen and oxygen atoms in total. The smallest absolute Gasteiger partial charge is 0.272 e. The molecule has 92 valence electrons. The lowest BCUT2D eigenvalue weighted by Gasteiger charge is -2.27. The van der Waals surface area contributed by atoms with E-state index in [9.17, 15) is 14.5 Å². The van der Waals surface area contributed by atoms with Gasteiger partial charge in [0.05, 0.1) is 29.9 Å². The van der Waals surface area contributed by atoms with Gasteiger partial charge in [0.25, 0.3) is 5.69 Å². The van der Waals surface area contributed by atoms with Crippen LogP contribution in [0.5, 0.6) is 0 Å². The Bertz CT molecular complexity index is 421. The lowest BCUT2D eigenvalue weighted by atomic mass is 10.3. The predicted octanol–water partition coefficient (Wildman–Crippen LogP) is 1.39. The molecule has 0 amide bonds. The first-order valence-corrected chi connectivity index (χ1v) is 5.20. The van der Waals surface area contributed by atoms with Crippen LogP contribution in [0.4, 0.5) is 15.8 Å². The van der Waals surface area contributed by atoms with Crippen molar-refractivity contribution in [1.29, 1.82) is 0 Å². The Morgan fingerprint density at radius 2 is 2.12 bits per heavy atom. The van der Waals surface area contributed by atoms with Gasteiger partial charge >= 0.3 is 0 Å². The second kappa shape index (κ2) is 5.07. The maximum absolute atomic E-state index is 13.5. The van der Waals surface area contributed by atoms with Gasteiger partial charge in [0.15, 0.2) is 5.82 Å². The summed E-state index contributed by atoms with van der Waals surface area (Å²) < 4.78 is 18.7. The molecule has 0 unspecified atom stereocenters.